The highest BCUT2D eigenvalue weighted by molar-refractivity contribution is 5.97. The molecule has 2 heterocycles. The molecule has 0 spiro atoms. The largest absolute Gasteiger partial charge is 0.382 e. The van der Waals surface area contributed by atoms with Gasteiger partial charge in [0, 0.05) is 19.2 Å². The molecule has 0 bridgehead atoms. The normalized spacial score (nSPS) is 21.0. The van der Waals surface area contributed by atoms with E-state index in [9.17, 15) is 4.79 Å². The number of hydrogen-bond donors (Lipinski definition) is 2. The minimum Gasteiger partial charge on any atom is -0.382 e. The van der Waals surface area contributed by atoms with Crippen molar-refractivity contribution in [2.24, 2.45) is 11.7 Å². The van der Waals surface area contributed by atoms with Crippen LogP contribution in [0.3, 0.4) is 0 Å². The Morgan fingerprint density at radius 1 is 1.60 bits per heavy atom. The van der Waals surface area contributed by atoms with Crippen LogP contribution in [0.5, 0.6) is 0 Å². The zero-order chi connectivity index (χ0) is 10.8. The minimum absolute atomic E-state index is 0.0742. The molecule has 5 heteroatoms. The number of pyridine rings is 1. The summed E-state index contributed by atoms with van der Waals surface area (Å²) >= 11 is 0. The topological polar surface area (TPSA) is 85.2 Å². The number of nitrogens with zero attached hydrogens (tertiary/aromatic N) is 2. The van der Waals surface area contributed by atoms with Crippen molar-refractivity contribution in [2.75, 3.05) is 23.7 Å². The first-order valence-corrected chi connectivity index (χ1v) is 4.93. The lowest BCUT2D eigenvalue weighted by Crippen LogP contribution is -2.26. The summed E-state index contributed by atoms with van der Waals surface area (Å²) in [5, 5.41) is 0. The highest BCUT2D eigenvalue weighted by Gasteiger charge is 2.30. The van der Waals surface area contributed by atoms with Crippen molar-refractivity contribution in [2.45, 2.75) is 6.42 Å². The maximum atomic E-state index is 11.7. The van der Waals surface area contributed by atoms with Gasteiger partial charge in [-0.15, -0.1) is 0 Å². The zero-order valence-corrected chi connectivity index (χ0v) is 8.39. The van der Waals surface area contributed by atoms with Gasteiger partial charge in [-0.25, -0.2) is 4.98 Å². The van der Waals surface area contributed by atoms with Crippen LogP contribution in [0.4, 0.5) is 11.5 Å². The molecule has 1 fully saturated rings. The number of rotatable bonds is 2. The molecule has 1 unspecified atom stereocenters. The predicted octanol–water partition coefficient (Wildman–Crippen LogP) is -0.0246. The van der Waals surface area contributed by atoms with E-state index in [0.29, 0.717) is 31.0 Å². The van der Waals surface area contributed by atoms with E-state index in [1.807, 2.05) is 0 Å². The van der Waals surface area contributed by atoms with Gasteiger partial charge in [0.05, 0.1) is 5.69 Å². The lowest BCUT2D eigenvalue weighted by molar-refractivity contribution is -0.117. The fraction of sp³-hybridized carbons (Fsp3) is 0.400. The van der Waals surface area contributed by atoms with Crippen LogP contribution in [0.1, 0.15) is 6.42 Å². The third kappa shape index (κ3) is 1.78. The molecule has 2 rings (SSSR count). The third-order valence-electron chi connectivity index (χ3n) is 2.65. The summed E-state index contributed by atoms with van der Waals surface area (Å²) in [5.41, 5.74) is 12.0. The standard InChI is InChI=1S/C10H14N4O/c11-5-7-4-9(15)14(6-7)8-2-1-3-13-10(8)12/h1-3,7H,4-6,11H2,(H2,12,13). The molecule has 4 N–H and O–H groups in total. The van der Waals surface area contributed by atoms with E-state index in [1.54, 1.807) is 23.2 Å². The van der Waals surface area contributed by atoms with E-state index < -0.39 is 0 Å². The zero-order valence-electron chi connectivity index (χ0n) is 8.39. The molecule has 5 nitrogen and oxygen atoms in total. The van der Waals surface area contributed by atoms with Crippen LogP contribution in [0.25, 0.3) is 0 Å². The number of hydrogen-bond acceptors (Lipinski definition) is 4. The Hall–Kier alpha value is -1.62. The number of amides is 1. The average molecular weight is 206 g/mol. The van der Waals surface area contributed by atoms with Crippen LogP contribution in [0.15, 0.2) is 18.3 Å². The molecule has 0 aromatic carbocycles. The second-order valence-corrected chi connectivity index (χ2v) is 3.72. The van der Waals surface area contributed by atoms with E-state index in [4.69, 9.17) is 11.5 Å². The summed E-state index contributed by atoms with van der Waals surface area (Å²) in [7, 11) is 0. The van der Waals surface area contributed by atoms with Crippen molar-refractivity contribution in [3.05, 3.63) is 18.3 Å². The molecule has 1 aromatic heterocycles. The van der Waals surface area contributed by atoms with Gasteiger partial charge in [0.1, 0.15) is 5.82 Å². The Kier molecular flexibility index (Phi) is 2.55. The molecule has 1 saturated heterocycles. The summed E-state index contributed by atoms with van der Waals surface area (Å²) in [6, 6.07) is 3.58. The van der Waals surface area contributed by atoms with Gasteiger partial charge in [-0.1, -0.05) is 0 Å². The molecule has 0 aliphatic carbocycles. The summed E-state index contributed by atoms with van der Waals surface area (Å²) in [4.78, 5) is 17.3. The van der Waals surface area contributed by atoms with Crippen LogP contribution >= 0.6 is 0 Å². The lowest BCUT2D eigenvalue weighted by Gasteiger charge is -2.17. The smallest absolute Gasteiger partial charge is 0.227 e. The number of carbonyl (C=O) groups excluding carboxylic acids is 1. The Balaban J connectivity index is 2.25. The van der Waals surface area contributed by atoms with Gasteiger partial charge >= 0.3 is 0 Å². The van der Waals surface area contributed by atoms with Crippen LogP contribution in [0.2, 0.25) is 0 Å². The first-order valence-electron chi connectivity index (χ1n) is 4.93. The SMILES string of the molecule is NCC1CC(=O)N(c2cccnc2N)C1. The summed E-state index contributed by atoms with van der Waals surface area (Å²) in [5.74, 6) is 0.700. The van der Waals surface area contributed by atoms with Gasteiger partial charge in [0.2, 0.25) is 5.91 Å². The Morgan fingerprint density at radius 2 is 2.40 bits per heavy atom. The number of carbonyl (C=O) groups is 1. The van der Waals surface area contributed by atoms with Gasteiger partial charge in [-0.05, 0) is 24.6 Å². The van der Waals surface area contributed by atoms with Gasteiger partial charge in [-0.3, -0.25) is 4.79 Å². The van der Waals surface area contributed by atoms with Gasteiger partial charge in [-0.2, -0.15) is 0 Å². The number of aromatic nitrogens is 1. The van der Waals surface area contributed by atoms with Crippen molar-refractivity contribution >= 4 is 17.4 Å². The van der Waals surface area contributed by atoms with E-state index in [0.717, 1.165) is 0 Å². The molecule has 80 valence electrons. The second-order valence-electron chi connectivity index (χ2n) is 3.72. The second kappa shape index (κ2) is 3.86. The third-order valence-corrected chi connectivity index (χ3v) is 2.65. The molecule has 0 radical (unpaired) electrons. The fourth-order valence-corrected chi connectivity index (χ4v) is 1.81. The lowest BCUT2D eigenvalue weighted by atomic mass is 10.1. The number of nitrogen functional groups attached to an aromatic ring is 1. The van der Waals surface area contributed by atoms with Crippen LogP contribution < -0.4 is 16.4 Å². The molecule has 1 atom stereocenters. The first-order chi connectivity index (χ1) is 7.22. The predicted molar refractivity (Wildman–Crippen MR) is 58.2 cm³/mol. The monoisotopic (exact) mass is 206 g/mol. The highest BCUT2D eigenvalue weighted by atomic mass is 16.2. The summed E-state index contributed by atoms with van der Waals surface area (Å²) in [6.07, 6.45) is 2.12. The molecular weight excluding hydrogens is 192 g/mol. The average Bonchev–Trinajstić information content (AvgIpc) is 2.60. The van der Waals surface area contributed by atoms with E-state index in [2.05, 4.69) is 4.98 Å². The van der Waals surface area contributed by atoms with Crippen molar-refractivity contribution in [3.8, 4) is 0 Å². The Bertz CT molecular complexity index is 379. The van der Waals surface area contributed by atoms with Crippen molar-refractivity contribution in [3.63, 3.8) is 0 Å². The number of nitrogens with two attached hydrogens (primary N) is 2. The molecule has 15 heavy (non-hydrogen) atoms. The maximum Gasteiger partial charge on any atom is 0.227 e. The van der Waals surface area contributed by atoms with Gasteiger partial charge in [0.25, 0.3) is 0 Å². The summed E-state index contributed by atoms with van der Waals surface area (Å²) in [6.45, 7) is 1.17. The van der Waals surface area contributed by atoms with Crippen molar-refractivity contribution in [1.82, 2.24) is 4.98 Å². The van der Waals surface area contributed by atoms with Gasteiger partial charge < -0.3 is 16.4 Å². The van der Waals surface area contributed by atoms with Crippen LogP contribution in [0, 0.1) is 5.92 Å². The Morgan fingerprint density at radius 3 is 3.00 bits per heavy atom. The quantitative estimate of drug-likeness (QED) is 0.711. The maximum absolute atomic E-state index is 11.7. The van der Waals surface area contributed by atoms with Gasteiger partial charge in [0.15, 0.2) is 0 Å². The fourth-order valence-electron chi connectivity index (χ4n) is 1.81. The first kappa shape index (κ1) is 9.92. The summed E-state index contributed by atoms with van der Waals surface area (Å²) < 4.78 is 0. The molecular formula is C10H14N4O. The van der Waals surface area contributed by atoms with Crippen LogP contribution in [-0.4, -0.2) is 24.0 Å². The van der Waals surface area contributed by atoms with Crippen molar-refractivity contribution in [1.29, 1.82) is 0 Å². The van der Waals surface area contributed by atoms with E-state index >= 15 is 0 Å². The highest BCUT2D eigenvalue weighted by Crippen LogP contribution is 2.27. The molecule has 1 amide bonds. The minimum atomic E-state index is 0.0742. The number of anilines is 2. The van der Waals surface area contributed by atoms with E-state index in [-0.39, 0.29) is 11.8 Å². The molecule has 0 saturated carbocycles. The molecule has 1 aromatic rings. The molecule has 1 aliphatic rings. The molecule has 1 aliphatic heterocycles. The Labute approximate surface area is 88.1 Å². The van der Waals surface area contributed by atoms with E-state index in [1.165, 1.54) is 0 Å². The van der Waals surface area contributed by atoms with Crippen LogP contribution in [-0.2, 0) is 4.79 Å². The van der Waals surface area contributed by atoms with Crippen molar-refractivity contribution < 1.29 is 4.79 Å².